The van der Waals surface area contributed by atoms with E-state index in [1.54, 1.807) is 6.08 Å². The molecule has 0 aliphatic heterocycles. The number of quaternary nitrogens is 1. The van der Waals surface area contributed by atoms with E-state index in [-0.39, 0.29) is 26.1 Å². The summed E-state index contributed by atoms with van der Waals surface area (Å²) >= 11 is 0. The predicted octanol–water partition coefficient (Wildman–Crippen LogP) is 11.5. The lowest BCUT2D eigenvalue weighted by Crippen LogP contribution is -2.37. The summed E-state index contributed by atoms with van der Waals surface area (Å²) in [5, 5.41) is 10.1. The number of aliphatic hydroxyl groups excluding tert-OH is 1. The Morgan fingerprint density at radius 3 is 1.83 bits per heavy atom. The minimum atomic E-state index is -4.42. The molecule has 0 aromatic carbocycles. The van der Waals surface area contributed by atoms with Crippen molar-refractivity contribution in [3.63, 3.8) is 0 Å². The summed E-state index contributed by atoms with van der Waals surface area (Å²) in [5.41, 5.74) is 0. The van der Waals surface area contributed by atoms with Gasteiger partial charge in [0.1, 0.15) is 19.8 Å². The number of hydrogen-bond acceptors (Lipinski definition) is 8. The summed E-state index contributed by atoms with van der Waals surface area (Å²) in [6.45, 7) is 4.06. The molecular formula is C48H81NO9P+. The normalized spacial score (nSPS) is 15.0. The summed E-state index contributed by atoms with van der Waals surface area (Å²) in [6.07, 6.45) is 47.7. The third-order valence-electron chi connectivity index (χ3n) is 8.68. The monoisotopic (exact) mass is 847 g/mol. The molecule has 0 heterocycles. The molecule has 0 aliphatic rings. The molecule has 0 aromatic rings. The quantitative estimate of drug-likeness (QED) is 0.0156. The van der Waals surface area contributed by atoms with E-state index in [0.29, 0.717) is 36.7 Å². The number of likely N-dealkylation sites (N-methyl/N-ethyl adjacent to an activating group) is 1. The van der Waals surface area contributed by atoms with Gasteiger partial charge in [-0.3, -0.25) is 18.6 Å². The molecule has 0 saturated carbocycles. The average Bonchev–Trinajstić information content (AvgIpc) is 3.18. The van der Waals surface area contributed by atoms with Crippen LogP contribution in [0.1, 0.15) is 136 Å². The van der Waals surface area contributed by atoms with E-state index in [9.17, 15) is 24.2 Å². The first-order valence-corrected chi connectivity index (χ1v) is 23.6. The number of carbonyl (C=O) groups excluding carboxylic acids is 2. The Morgan fingerprint density at radius 2 is 1.19 bits per heavy atom. The Kier molecular flexibility index (Phi) is 37.0. The molecule has 0 amide bonds. The van der Waals surface area contributed by atoms with Gasteiger partial charge in [0.05, 0.1) is 33.9 Å². The highest BCUT2D eigenvalue weighted by atomic mass is 31.2. The van der Waals surface area contributed by atoms with Gasteiger partial charge in [0, 0.05) is 12.8 Å². The number of ether oxygens (including phenoxy) is 2. The number of hydrogen-bond donors (Lipinski definition) is 2. The Morgan fingerprint density at radius 1 is 0.627 bits per heavy atom. The molecule has 0 fully saturated rings. The lowest BCUT2D eigenvalue weighted by atomic mass is 10.1. The lowest BCUT2D eigenvalue weighted by molar-refractivity contribution is -0.870. The summed E-state index contributed by atoms with van der Waals surface area (Å²) in [4.78, 5) is 35.4. The molecule has 0 rings (SSSR count). The van der Waals surface area contributed by atoms with Gasteiger partial charge >= 0.3 is 19.8 Å². The average molecular weight is 847 g/mol. The second kappa shape index (κ2) is 39.1. The molecule has 0 saturated heterocycles. The van der Waals surface area contributed by atoms with Crippen molar-refractivity contribution >= 4 is 19.8 Å². The highest BCUT2D eigenvalue weighted by molar-refractivity contribution is 7.47. The van der Waals surface area contributed by atoms with Crippen LogP contribution in [-0.4, -0.2) is 86.1 Å². The molecule has 336 valence electrons. The first-order chi connectivity index (χ1) is 28.4. The van der Waals surface area contributed by atoms with E-state index in [4.69, 9.17) is 18.5 Å². The second-order valence-electron chi connectivity index (χ2n) is 15.5. The van der Waals surface area contributed by atoms with Gasteiger partial charge in [-0.05, 0) is 83.5 Å². The zero-order valence-corrected chi connectivity index (χ0v) is 38.2. The molecule has 0 radical (unpaired) electrons. The second-order valence-corrected chi connectivity index (χ2v) is 17.0. The molecule has 0 aromatic heterocycles. The zero-order valence-electron chi connectivity index (χ0n) is 37.3. The molecule has 11 heteroatoms. The van der Waals surface area contributed by atoms with Crippen LogP contribution in [0.3, 0.4) is 0 Å². The van der Waals surface area contributed by atoms with Crippen LogP contribution in [-0.2, 0) is 32.7 Å². The highest BCUT2D eigenvalue weighted by Crippen LogP contribution is 2.43. The third-order valence-corrected chi connectivity index (χ3v) is 9.66. The van der Waals surface area contributed by atoms with Crippen molar-refractivity contribution in [3.05, 3.63) is 97.2 Å². The van der Waals surface area contributed by atoms with E-state index < -0.39 is 38.6 Å². The van der Waals surface area contributed by atoms with Gasteiger partial charge < -0.3 is 24.0 Å². The molecule has 10 nitrogen and oxygen atoms in total. The topological polar surface area (TPSA) is 129 Å². The summed E-state index contributed by atoms with van der Waals surface area (Å²) in [7, 11) is 1.37. The van der Waals surface area contributed by atoms with Crippen molar-refractivity contribution in [2.45, 2.75) is 148 Å². The third kappa shape index (κ3) is 42.8. The van der Waals surface area contributed by atoms with Crippen molar-refractivity contribution in [3.8, 4) is 0 Å². The summed E-state index contributed by atoms with van der Waals surface area (Å²) < 4.78 is 34.2. The van der Waals surface area contributed by atoms with Gasteiger partial charge in [0.15, 0.2) is 6.10 Å². The first-order valence-electron chi connectivity index (χ1n) is 22.1. The number of esters is 2. The molecule has 1 unspecified atom stereocenters. The first kappa shape index (κ1) is 55.9. The van der Waals surface area contributed by atoms with E-state index in [1.807, 2.05) is 57.6 Å². The van der Waals surface area contributed by atoms with E-state index in [2.05, 4.69) is 68.5 Å². The largest absolute Gasteiger partial charge is 0.472 e. The van der Waals surface area contributed by atoms with Crippen LogP contribution in [0.25, 0.3) is 0 Å². The zero-order chi connectivity index (χ0) is 43.7. The van der Waals surface area contributed by atoms with Crippen molar-refractivity contribution in [1.82, 2.24) is 0 Å². The van der Waals surface area contributed by atoms with Crippen LogP contribution in [0, 0.1) is 0 Å². The van der Waals surface area contributed by atoms with Crippen LogP contribution in [0.2, 0.25) is 0 Å². The maximum Gasteiger partial charge on any atom is 0.472 e. The Hall–Kier alpha value is -3.11. The molecular weight excluding hydrogens is 766 g/mol. The minimum absolute atomic E-state index is 0.00181. The maximum atomic E-state index is 12.7. The summed E-state index contributed by atoms with van der Waals surface area (Å²) in [5.74, 6) is -0.945. The van der Waals surface area contributed by atoms with Crippen LogP contribution in [0.4, 0.5) is 0 Å². The molecule has 0 spiro atoms. The fraction of sp³-hybridized carbons (Fsp3) is 0.625. The van der Waals surface area contributed by atoms with Gasteiger partial charge in [-0.15, -0.1) is 0 Å². The van der Waals surface area contributed by atoms with Gasteiger partial charge in [0.25, 0.3) is 0 Å². The maximum absolute atomic E-state index is 12.7. The molecule has 3 atom stereocenters. The van der Waals surface area contributed by atoms with E-state index in [0.717, 1.165) is 64.2 Å². The fourth-order valence-electron chi connectivity index (χ4n) is 5.19. The number of phosphoric ester groups is 1. The standard InChI is InChI=1S/C48H80NO9P/c1-6-8-10-12-14-15-16-17-18-19-20-21-22-23-27-32-36-40-48(52)58-46(44-57-59(53,54)56-42-41-49(3,4)5)43-55-47(51)39-35-31-28-24-26-30-34-38-45(50)37-33-29-25-13-11-9-7-2/h8,10,14-15,17-18,20-21,24-25,28-30,33-34,37,45-46,50H,6-7,9,11-13,16,19,22-23,26-27,31-32,35-36,38-44H2,1-5H3/p+1/b10-8-,15-14-,18-17-,21-20-,28-24+,29-25-,34-30-,37-33-/t45-,46-/m1/s1. The Labute approximate surface area is 358 Å². The van der Waals surface area contributed by atoms with Crippen LogP contribution < -0.4 is 0 Å². The molecule has 0 bridgehead atoms. The minimum Gasteiger partial charge on any atom is -0.462 e. The van der Waals surface area contributed by atoms with Crippen LogP contribution in [0.15, 0.2) is 97.2 Å². The number of phosphoric acid groups is 1. The van der Waals surface area contributed by atoms with Gasteiger partial charge in [0.2, 0.25) is 0 Å². The van der Waals surface area contributed by atoms with E-state index >= 15 is 0 Å². The van der Waals surface area contributed by atoms with Crippen molar-refractivity contribution in [1.29, 1.82) is 0 Å². The lowest BCUT2D eigenvalue weighted by Gasteiger charge is -2.24. The van der Waals surface area contributed by atoms with Gasteiger partial charge in [-0.1, -0.05) is 137 Å². The van der Waals surface area contributed by atoms with Crippen LogP contribution in [0.5, 0.6) is 0 Å². The van der Waals surface area contributed by atoms with E-state index in [1.165, 1.54) is 19.3 Å². The van der Waals surface area contributed by atoms with Crippen molar-refractivity contribution in [2.75, 3.05) is 47.5 Å². The number of nitrogens with zero attached hydrogens (tertiary/aromatic N) is 1. The summed E-state index contributed by atoms with van der Waals surface area (Å²) in [6, 6.07) is 0. The van der Waals surface area contributed by atoms with Crippen LogP contribution >= 0.6 is 7.82 Å². The predicted molar refractivity (Wildman–Crippen MR) is 244 cm³/mol. The number of rotatable bonds is 38. The van der Waals surface area contributed by atoms with Gasteiger partial charge in [-0.2, -0.15) is 0 Å². The number of unbranched alkanes of at least 4 members (excludes halogenated alkanes) is 8. The smallest absolute Gasteiger partial charge is 0.462 e. The number of carbonyl (C=O) groups is 2. The molecule has 59 heavy (non-hydrogen) atoms. The molecule has 2 N–H and O–H groups in total. The Bertz CT molecular complexity index is 1340. The fourth-order valence-corrected chi connectivity index (χ4v) is 5.93. The van der Waals surface area contributed by atoms with Crippen molar-refractivity contribution in [2.24, 2.45) is 0 Å². The number of aliphatic hydroxyl groups is 1. The van der Waals surface area contributed by atoms with Gasteiger partial charge in [-0.25, -0.2) is 4.57 Å². The van der Waals surface area contributed by atoms with Crippen molar-refractivity contribution < 1.29 is 47.2 Å². The SMILES string of the molecule is CC/C=C\C/C=C\C/C=C\C/C=C\CCCCCCC(=O)O[C@H](COC(=O)CCC/C=C/C/C=C\C[C@H](O)/C=C\C=C/CCCCC)COP(=O)(O)OCC[N+](C)(C)C. The number of allylic oxidation sites excluding steroid dienone is 14. The molecule has 0 aliphatic carbocycles. The Balaban J connectivity index is 4.58. The highest BCUT2D eigenvalue weighted by Gasteiger charge is 2.27.